The van der Waals surface area contributed by atoms with Gasteiger partial charge in [-0.05, 0) is 43.2 Å². The van der Waals surface area contributed by atoms with Crippen LogP contribution < -0.4 is 11.1 Å². The Morgan fingerprint density at radius 1 is 1.30 bits per heavy atom. The van der Waals surface area contributed by atoms with Crippen LogP contribution in [0.1, 0.15) is 34.4 Å². The lowest BCUT2D eigenvalue weighted by Gasteiger charge is -2.10. The lowest BCUT2D eigenvalue weighted by atomic mass is 10.1. The monoisotopic (exact) mass is 336 g/mol. The Balaban J connectivity index is 2.27. The van der Waals surface area contributed by atoms with Gasteiger partial charge in [-0.2, -0.15) is 0 Å². The first-order valence-corrected chi connectivity index (χ1v) is 7.18. The first-order valence-electron chi connectivity index (χ1n) is 6.38. The molecule has 2 rings (SSSR count). The predicted molar refractivity (Wildman–Crippen MR) is 84.1 cm³/mol. The number of nitrogens with two attached hydrogens (primary N) is 1. The van der Waals surface area contributed by atoms with Crippen LogP contribution in [-0.2, 0) is 6.42 Å². The molecule has 106 valence electrons. The van der Waals surface area contributed by atoms with Crippen molar-refractivity contribution < 1.29 is 9.21 Å². The molecule has 0 aliphatic carbocycles. The number of hydrogen-bond acceptors (Lipinski definition) is 3. The van der Waals surface area contributed by atoms with Crippen molar-refractivity contribution >= 4 is 33.2 Å². The lowest BCUT2D eigenvalue weighted by Crippen LogP contribution is -2.13. The molecule has 1 heterocycles. The fourth-order valence-corrected chi connectivity index (χ4v) is 2.60. The van der Waals surface area contributed by atoms with E-state index in [2.05, 4.69) is 21.2 Å². The van der Waals surface area contributed by atoms with Crippen molar-refractivity contribution in [1.29, 1.82) is 0 Å². The van der Waals surface area contributed by atoms with Gasteiger partial charge in [0.25, 0.3) is 5.91 Å². The first-order chi connectivity index (χ1) is 9.42. The van der Waals surface area contributed by atoms with Gasteiger partial charge in [-0.15, -0.1) is 0 Å². The number of hydrogen-bond donors (Lipinski definition) is 2. The largest absolute Gasteiger partial charge is 0.456 e. The topological polar surface area (TPSA) is 68.3 Å². The fourth-order valence-electron chi connectivity index (χ4n) is 2.02. The number of carbonyl (C=O) groups excluding carboxylic acids is 1. The SMILES string of the molecule is CCc1oc(C(=O)Nc2cc(Br)cc(C)c2N)cc1C. The van der Waals surface area contributed by atoms with Crippen molar-refractivity contribution in [2.75, 3.05) is 11.1 Å². The lowest BCUT2D eigenvalue weighted by molar-refractivity contribution is 0.0995. The fraction of sp³-hybridized carbons (Fsp3) is 0.267. The standard InChI is InChI=1S/C15H17BrN2O2/c1-4-12-8(2)6-13(20-12)15(19)18-11-7-10(16)5-9(3)14(11)17/h5-7H,4,17H2,1-3H3,(H,18,19). The van der Waals surface area contributed by atoms with Crippen molar-refractivity contribution in [3.05, 3.63) is 45.3 Å². The van der Waals surface area contributed by atoms with Crippen molar-refractivity contribution in [2.24, 2.45) is 0 Å². The van der Waals surface area contributed by atoms with Crippen LogP contribution in [0.4, 0.5) is 11.4 Å². The maximum absolute atomic E-state index is 12.2. The average Bonchev–Trinajstić information content (AvgIpc) is 2.76. The summed E-state index contributed by atoms with van der Waals surface area (Å²) in [5.41, 5.74) is 8.99. The van der Waals surface area contributed by atoms with Crippen LogP contribution in [0.15, 0.2) is 27.1 Å². The average molecular weight is 337 g/mol. The minimum atomic E-state index is -0.294. The highest BCUT2D eigenvalue weighted by atomic mass is 79.9. The highest BCUT2D eigenvalue weighted by molar-refractivity contribution is 9.10. The maximum atomic E-state index is 12.2. The van der Waals surface area contributed by atoms with Crippen LogP contribution in [0.3, 0.4) is 0 Å². The predicted octanol–water partition coefficient (Wildman–Crippen LogP) is 4.06. The Labute approximate surface area is 126 Å². The number of anilines is 2. The Morgan fingerprint density at radius 2 is 2.00 bits per heavy atom. The quantitative estimate of drug-likeness (QED) is 0.830. The molecule has 4 nitrogen and oxygen atoms in total. The Hall–Kier alpha value is -1.75. The number of nitrogen functional groups attached to an aromatic ring is 1. The van der Waals surface area contributed by atoms with E-state index in [4.69, 9.17) is 10.2 Å². The summed E-state index contributed by atoms with van der Waals surface area (Å²) in [7, 11) is 0. The molecule has 0 bridgehead atoms. The molecule has 2 aromatic rings. The zero-order valence-corrected chi connectivity index (χ0v) is 13.3. The van der Waals surface area contributed by atoms with Crippen LogP contribution >= 0.6 is 15.9 Å². The molecule has 0 saturated heterocycles. The second-order valence-electron chi connectivity index (χ2n) is 4.71. The van der Waals surface area contributed by atoms with Gasteiger partial charge < -0.3 is 15.5 Å². The molecule has 0 unspecified atom stereocenters. The van der Waals surface area contributed by atoms with Gasteiger partial charge in [0.15, 0.2) is 5.76 Å². The molecule has 0 spiro atoms. The third-order valence-electron chi connectivity index (χ3n) is 3.17. The summed E-state index contributed by atoms with van der Waals surface area (Å²) in [6, 6.07) is 5.42. The molecular formula is C15H17BrN2O2. The van der Waals surface area contributed by atoms with Gasteiger partial charge in [-0.25, -0.2) is 0 Å². The number of furan rings is 1. The normalized spacial score (nSPS) is 10.6. The van der Waals surface area contributed by atoms with E-state index in [1.165, 1.54) is 0 Å². The minimum Gasteiger partial charge on any atom is -0.456 e. The van der Waals surface area contributed by atoms with E-state index in [1.54, 1.807) is 12.1 Å². The van der Waals surface area contributed by atoms with E-state index < -0.39 is 0 Å². The van der Waals surface area contributed by atoms with Crippen LogP contribution in [0, 0.1) is 13.8 Å². The van der Waals surface area contributed by atoms with Gasteiger partial charge in [-0.1, -0.05) is 22.9 Å². The third kappa shape index (κ3) is 2.88. The molecule has 20 heavy (non-hydrogen) atoms. The number of halogens is 1. The van der Waals surface area contributed by atoms with E-state index in [0.29, 0.717) is 17.1 Å². The van der Waals surface area contributed by atoms with Crippen LogP contribution in [0.2, 0.25) is 0 Å². The number of carbonyl (C=O) groups is 1. The molecule has 0 fully saturated rings. The molecule has 5 heteroatoms. The van der Waals surface area contributed by atoms with E-state index in [9.17, 15) is 4.79 Å². The van der Waals surface area contributed by atoms with Gasteiger partial charge in [-0.3, -0.25) is 4.79 Å². The summed E-state index contributed by atoms with van der Waals surface area (Å²) >= 11 is 3.39. The van der Waals surface area contributed by atoms with Gasteiger partial charge in [0.1, 0.15) is 5.76 Å². The molecule has 0 radical (unpaired) electrons. The van der Waals surface area contributed by atoms with Crippen LogP contribution in [-0.4, -0.2) is 5.91 Å². The Kier molecular flexibility index (Phi) is 4.18. The molecule has 0 aliphatic rings. The summed E-state index contributed by atoms with van der Waals surface area (Å²) in [4.78, 5) is 12.2. The molecule has 0 aliphatic heterocycles. The molecular weight excluding hydrogens is 320 g/mol. The first kappa shape index (κ1) is 14.7. The van der Waals surface area contributed by atoms with E-state index in [0.717, 1.165) is 27.8 Å². The molecule has 3 N–H and O–H groups in total. The van der Waals surface area contributed by atoms with E-state index in [-0.39, 0.29) is 5.91 Å². The summed E-state index contributed by atoms with van der Waals surface area (Å²) in [6.45, 7) is 5.81. The summed E-state index contributed by atoms with van der Waals surface area (Å²) < 4.78 is 6.40. The smallest absolute Gasteiger partial charge is 0.291 e. The van der Waals surface area contributed by atoms with Crippen LogP contribution in [0.25, 0.3) is 0 Å². The van der Waals surface area contributed by atoms with Crippen molar-refractivity contribution in [3.63, 3.8) is 0 Å². The molecule has 0 atom stereocenters. The molecule has 1 aromatic carbocycles. The zero-order valence-electron chi connectivity index (χ0n) is 11.7. The minimum absolute atomic E-state index is 0.294. The van der Waals surface area contributed by atoms with Crippen molar-refractivity contribution in [2.45, 2.75) is 27.2 Å². The third-order valence-corrected chi connectivity index (χ3v) is 3.62. The van der Waals surface area contributed by atoms with E-state index >= 15 is 0 Å². The number of amides is 1. The Bertz CT molecular complexity index is 662. The molecule has 1 amide bonds. The Morgan fingerprint density at radius 3 is 2.60 bits per heavy atom. The number of nitrogens with one attached hydrogen (secondary N) is 1. The summed E-state index contributed by atoms with van der Waals surface area (Å²) in [5.74, 6) is 0.835. The highest BCUT2D eigenvalue weighted by Crippen LogP contribution is 2.28. The van der Waals surface area contributed by atoms with Gasteiger partial charge >= 0.3 is 0 Å². The molecule has 1 aromatic heterocycles. The highest BCUT2D eigenvalue weighted by Gasteiger charge is 2.15. The summed E-state index contributed by atoms with van der Waals surface area (Å²) in [5, 5.41) is 2.79. The molecule has 0 saturated carbocycles. The number of rotatable bonds is 3. The summed E-state index contributed by atoms with van der Waals surface area (Å²) in [6.07, 6.45) is 0.761. The number of aryl methyl sites for hydroxylation is 3. The van der Waals surface area contributed by atoms with Crippen molar-refractivity contribution in [1.82, 2.24) is 0 Å². The van der Waals surface area contributed by atoms with Gasteiger partial charge in [0, 0.05) is 10.9 Å². The van der Waals surface area contributed by atoms with E-state index in [1.807, 2.05) is 26.8 Å². The van der Waals surface area contributed by atoms with Crippen LogP contribution in [0.5, 0.6) is 0 Å². The number of benzene rings is 1. The van der Waals surface area contributed by atoms with Gasteiger partial charge in [0.2, 0.25) is 0 Å². The maximum Gasteiger partial charge on any atom is 0.291 e. The second-order valence-corrected chi connectivity index (χ2v) is 5.62. The zero-order chi connectivity index (χ0) is 14.9. The second kappa shape index (κ2) is 5.71. The van der Waals surface area contributed by atoms with Crippen molar-refractivity contribution in [3.8, 4) is 0 Å². The van der Waals surface area contributed by atoms with Gasteiger partial charge in [0.05, 0.1) is 11.4 Å².